The lowest BCUT2D eigenvalue weighted by molar-refractivity contribution is 0.291. The Morgan fingerprint density at radius 3 is 2.52 bits per heavy atom. The number of nitrogens with one attached hydrogen (secondary N) is 1. The zero-order valence-corrected chi connectivity index (χ0v) is 13.2. The molecule has 2 rings (SSSR count). The first-order valence-corrected chi connectivity index (χ1v) is 6.93. The number of rotatable bonds is 7. The minimum Gasteiger partial charge on any atom is -0.489 e. The lowest BCUT2D eigenvalue weighted by atomic mass is 10.2. The van der Waals surface area contributed by atoms with Crippen LogP contribution in [0.15, 0.2) is 48.5 Å². The maximum atomic E-state index is 8.73. The average Bonchev–Trinajstić information content (AvgIpc) is 2.47. The van der Waals surface area contributed by atoms with E-state index < -0.39 is 0 Å². The predicted octanol–water partition coefficient (Wildman–Crippen LogP) is 3.42. The Balaban J connectivity index is 0.00000220. The van der Waals surface area contributed by atoms with E-state index in [0.717, 1.165) is 28.4 Å². The van der Waals surface area contributed by atoms with Gasteiger partial charge < -0.3 is 15.2 Å². The minimum atomic E-state index is 0. The highest BCUT2D eigenvalue weighted by molar-refractivity contribution is 6.30. The van der Waals surface area contributed by atoms with E-state index in [-0.39, 0.29) is 19.0 Å². The van der Waals surface area contributed by atoms with Crippen molar-refractivity contribution in [3.8, 4) is 5.75 Å². The molecule has 0 saturated carbocycles. The van der Waals surface area contributed by atoms with E-state index >= 15 is 0 Å². The molecule has 0 fully saturated rings. The highest BCUT2D eigenvalue weighted by atomic mass is 35.5. The highest BCUT2D eigenvalue weighted by Crippen LogP contribution is 2.16. The van der Waals surface area contributed by atoms with Crippen molar-refractivity contribution < 1.29 is 9.84 Å². The van der Waals surface area contributed by atoms with Crippen LogP contribution < -0.4 is 10.1 Å². The number of hydrogen-bond acceptors (Lipinski definition) is 3. The molecule has 0 unspecified atom stereocenters. The second kappa shape index (κ2) is 9.64. The summed E-state index contributed by atoms with van der Waals surface area (Å²) in [5, 5.41) is 12.6. The normalized spacial score (nSPS) is 10.0. The lowest BCUT2D eigenvalue weighted by Crippen LogP contribution is -2.17. The summed E-state index contributed by atoms with van der Waals surface area (Å²) in [6, 6.07) is 15.5. The van der Waals surface area contributed by atoms with Crippen LogP contribution in [0, 0.1) is 0 Å². The van der Waals surface area contributed by atoms with Gasteiger partial charge in [0.05, 0.1) is 6.61 Å². The Hall–Kier alpha value is -1.26. The van der Waals surface area contributed by atoms with E-state index in [0.29, 0.717) is 13.2 Å². The van der Waals surface area contributed by atoms with E-state index in [1.807, 2.05) is 48.5 Å². The first-order chi connectivity index (χ1) is 9.78. The molecule has 0 bridgehead atoms. The van der Waals surface area contributed by atoms with Crippen LogP contribution in [0.4, 0.5) is 0 Å². The third kappa shape index (κ3) is 6.36. The molecule has 0 aliphatic carbocycles. The number of hydrogen-bond donors (Lipinski definition) is 2. The van der Waals surface area contributed by atoms with Gasteiger partial charge in [-0.25, -0.2) is 0 Å². The smallest absolute Gasteiger partial charge is 0.120 e. The monoisotopic (exact) mass is 327 g/mol. The van der Waals surface area contributed by atoms with Gasteiger partial charge in [-0.05, 0) is 35.4 Å². The van der Waals surface area contributed by atoms with E-state index in [1.165, 1.54) is 0 Å². The van der Waals surface area contributed by atoms with Crippen LogP contribution in [0.3, 0.4) is 0 Å². The van der Waals surface area contributed by atoms with Crippen LogP contribution >= 0.6 is 24.0 Å². The van der Waals surface area contributed by atoms with Crippen molar-refractivity contribution in [1.82, 2.24) is 5.32 Å². The number of ether oxygens (including phenoxy) is 1. The molecular weight excluding hydrogens is 309 g/mol. The van der Waals surface area contributed by atoms with Crippen LogP contribution in [0.2, 0.25) is 5.02 Å². The Morgan fingerprint density at radius 2 is 1.81 bits per heavy atom. The van der Waals surface area contributed by atoms with Crippen LogP contribution in [0.1, 0.15) is 11.1 Å². The van der Waals surface area contributed by atoms with Gasteiger partial charge in [-0.1, -0.05) is 35.9 Å². The van der Waals surface area contributed by atoms with Crippen LogP contribution in [-0.2, 0) is 13.2 Å². The zero-order valence-electron chi connectivity index (χ0n) is 11.6. The number of halogens is 2. The fourth-order valence-electron chi connectivity index (χ4n) is 1.80. The molecule has 0 saturated heterocycles. The second-order valence-corrected chi connectivity index (χ2v) is 4.90. The molecule has 2 aromatic rings. The van der Waals surface area contributed by atoms with Crippen molar-refractivity contribution in [1.29, 1.82) is 0 Å². The first-order valence-electron chi connectivity index (χ1n) is 6.55. The molecule has 2 N–H and O–H groups in total. The van der Waals surface area contributed by atoms with Gasteiger partial charge in [-0.2, -0.15) is 0 Å². The number of aliphatic hydroxyl groups is 1. The summed E-state index contributed by atoms with van der Waals surface area (Å²) in [6.45, 7) is 1.98. The summed E-state index contributed by atoms with van der Waals surface area (Å²) in [6.07, 6.45) is 0. The zero-order chi connectivity index (χ0) is 14.2. The fraction of sp³-hybridized carbons (Fsp3) is 0.250. The molecule has 114 valence electrons. The van der Waals surface area contributed by atoms with Gasteiger partial charge in [0.2, 0.25) is 0 Å². The minimum absolute atomic E-state index is 0. The quantitative estimate of drug-likeness (QED) is 0.765. The van der Waals surface area contributed by atoms with Gasteiger partial charge in [-0.15, -0.1) is 12.4 Å². The van der Waals surface area contributed by atoms with Gasteiger partial charge in [0.25, 0.3) is 0 Å². The number of benzene rings is 2. The third-order valence-corrected chi connectivity index (χ3v) is 3.09. The van der Waals surface area contributed by atoms with Gasteiger partial charge in [0, 0.05) is 18.1 Å². The molecule has 0 heterocycles. The van der Waals surface area contributed by atoms with Crippen molar-refractivity contribution in [3.63, 3.8) is 0 Å². The molecule has 0 amide bonds. The molecule has 3 nitrogen and oxygen atoms in total. The van der Waals surface area contributed by atoms with Gasteiger partial charge in [-0.3, -0.25) is 0 Å². The van der Waals surface area contributed by atoms with Gasteiger partial charge in [0.1, 0.15) is 12.4 Å². The van der Waals surface area contributed by atoms with E-state index in [2.05, 4.69) is 5.32 Å². The van der Waals surface area contributed by atoms with Crippen LogP contribution in [0.25, 0.3) is 0 Å². The average molecular weight is 328 g/mol. The Bertz CT molecular complexity index is 532. The summed E-state index contributed by atoms with van der Waals surface area (Å²) in [5.74, 6) is 0.836. The van der Waals surface area contributed by atoms with Gasteiger partial charge in [0.15, 0.2) is 0 Å². The highest BCUT2D eigenvalue weighted by Gasteiger charge is 1.99. The molecule has 0 spiro atoms. The maximum absolute atomic E-state index is 8.73. The van der Waals surface area contributed by atoms with Crippen molar-refractivity contribution in [2.75, 3.05) is 13.2 Å². The molecule has 0 atom stereocenters. The van der Waals surface area contributed by atoms with Gasteiger partial charge >= 0.3 is 0 Å². The summed E-state index contributed by atoms with van der Waals surface area (Å²) in [5.41, 5.74) is 2.21. The van der Waals surface area contributed by atoms with Crippen molar-refractivity contribution in [2.45, 2.75) is 13.2 Å². The Kier molecular flexibility index (Phi) is 8.16. The molecule has 0 aliphatic heterocycles. The lowest BCUT2D eigenvalue weighted by Gasteiger charge is -2.09. The molecule has 0 radical (unpaired) electrons. The molecule has 0 aliphatic rings. The Labute approximate surface area is 136 Å². The summed E-state index contributed by atoms with van der Waals surface area (Å²) in [4.78, 5) is 0. The molecule has 5 heteroatoms. The predicted molar refractivity (Wildman–Crippen MR) is 88.3 cm³/mol. The fourth-order valence-corrected chi connectivity index (χ4v) is 1.93. The number of aliphatic hydroxyl groups excluding tert-OH is 1. The largest absolute Gasteiger partial charge is 0.489 e. The van der Waals surface area contributed by atoms with Crippen LogP contribution in [-0.4, -0.2) is 18.3 Å². The summed E-state index contributed by atoms with van der Waals surface area (Å²) in [7, 11) is 0. The molecule has 21 heavy (non-hydrogen) atoms. The van der Waals surface area contributed by atoms with Crippen molar-refractivity contribution in [3.05, 3.63) is 64.7 Å². The Morgan fingerprint density at radius 1 is 1.05 bits per heavy atom. The second-order valence-electron chi connectivity index (χ2n) is 4.46. The standard InChI is InChI=1S/C16H18ClNO2.ClH/c17-15-6-4-13(5-7-15)12-20-16-3-1-2-14(10-16)11-18-8-9-19;/h1-7,10,18-19H,8-9,11-12H2;1H. The SMILES string of the molecule is Cl.OCCNCc1cccc(OCc2ccc(Cl)cc2)c1. The third-order valence-electron chi connectivity index (χ3n) is 2.83. The summed E-state index contributed by atoms with van der Waals surface area (Å²) < 4.78 is 5.76. The summed E-state index contributed by atoms with van der Waals surface area (Å²) >= 11 is 5.84. The molecular formula is C16H19Cl2NO2. The molecule has 0 aromatic heterocycles. The topological polar surface area (TPSA) is 41.5 Å². The van der Waals surface area contributed by atoms with E-state index in [9.17, 15) is 0 Å². The first kappa shape index (κ1) is 17.8. The maximum Gasteiger partial charge on any atom is 0.120 e. The van der Waals surface area contributed by atoms with Crippen molar-refractivity contribution in [2.24, 2.45) is 0 Å². The van der Waals surface area contributed by atoms with E-state index in [4.69, 9.17) is 21.4 Å². The van der Waals surface area contributed by atoms with E-state index in [1.54, 1.807) is 0 Å². The molecule has 2 aromatic carbocycles. The van der Waals surface area contributed by atoms with Crippen LogP contribution in [0.5, 0.6) is 5.75 Å². The van der Waals surface area contributed by atoms with Crippen molar-refractivity contribution >= 4 is 24.0 Å².